The van der Waals surface area contributed by atoms with Gasteiger partial charge >= 0.3 is 0 Å². The molecule has 1 amide bonds. The summed E-state index contributed by atoms with van der Waals surface area (Å²) in [4.78, 5) is 20.1. The zero-order valence-electron chi connectivity index (χ0n) is 11.2. The van der Waals surface area contributed by atoms with E-state index in [1.807, 2.05) is 31.9 Å². The fourth-order valence-corrected chi connectivity index (χ4v) is 2.30. The summed E-state index contributed by atoms with van der Waals surface area (Å²) in [5, 5.41) is 0. The van der Waals surface area contributed by atoms with Gasteiger partial charge in [0, 0.05) is 37.9 Å². The van der Waals surface area contributed by atoms with Gasteiger partial charge in [0.05, 0.1) is 6.54 Å². The lowest BCUT2D eigenvalue weighted by molar-refractivity contribution is -0.129. The first kappa shape index (κ1) is 12.8. The van der Waals surface area contributed by atoms with Gasteiger partial charge in [0.2, 0.25) is 5.91 Å². The summed E-state index contributed by atoms with van der Waals surface area (Å²) < 4.78 is 0. The van der Waals surface area contributed by atoms with Crippen molar-refractivity contribution in [2.75, 3.05) is 31.6 Å². The molecule has 2 rings (SSSR count). The van der Waals surface area contributed by atoms with Crippen LogP contribution in [0.3, 0.4) is 0 Å². The van der Waals surface area contributed by atoms with Gasteiger partial charge in [0.15, 0.2) is 0 Å². The number of pyridine rings is 1. The van der Waals surface area contributed by atoms with Crippen LogP contribution in [0.2, 0.25) is 0 Å². The molecule has 5 nitrogen and oxygen atoms in total. The van der Waals surface area contributed by atoms with Crippen LogP contribution in [-0.2, 0) is 11.3 Å². The summed E-state index contributed by atoms with van der Waals surface area (Å²) >= 11 is 0. The standard InChI is InChI=1S/C13H20N4O/c1-9-6-10(2)15-13(11(9)7-14)17-5-4-16(3)12(18)8-17/h6H,4-5,7-8,14H2,1-3H3. The molecule has 1 saturated heterocycles. The fraction of sp³-hybridized carbons (Fsp3) is 0.538. The van der Waals surface area contributed by atoms with Crippen molar-refractivity contribution in [3.63, 3.8) is 0 Å². The highest BCUT2D eigenvalue weighted by atomic mass is 16.2. The van der Waals surface area contributed by atoms with Crippen LogP contribution in [0.1, 0.15) is 16.8 Å². The number of nitrogens with two attached hydrogens (primary N) is 1. The highest BCUT2D eigenvalue weighted by molar-refractivity contribution is 5.82. The molecule has 1 fully saturated rings. The van der Waals surface area contributed by atoms with E-state index in [2.05, 4.69) is 4.98 Å². The minimum Gasteiger partial charge on any atom is -0.345 e. The zero-order chi connectivity index (χ0) is 13.3. The molecule has 5 heteroatoms. The Morgan fingerprint density at radius 1 is 1.39 bits per heavy atom. The lowest BCUT2D eigenvalue weighted by Gasteiger charge is -2.34. The summed E-state index contributed by atoms with van der Waals surface area (Å²) in [6.45, 7) is 6.39. The van der Waals surface area contributed by atoms with Gasteiger partial charge < -0.3 is 15.5 Å². The van der Waals surface area contributed by atoms with Gasteiger partial charge in [0.25, 0.3) is 0 Å². The van der Waals surface area contributed by atoms with Crippen LogP contribution >= 0.6 is 0 Å². The third-order valence-electron chi connectivity index (χ3n) is 3.41. The number of aryl methyl sites for hydroxylation is 2. The molecular formula is C13H20N4O. The van der Waals surface area contributed by atoms with E-state index in [0.29, 0.717) is 13.1 Å². The number of rotatable bonds is 2. The van der Waals surface area contributed by atoms with Crippen molar-refractivity contribution in [3.8, 4) is 0 Å². The minimum absolute atomic E-state index is 0.130. The lowest BCUT2D eigenvalue weighted by atomic mass is 10.1. The molecule has 1 aliphatic rings. The Bertz CT molecular complexity index is 472. The van der Waals surface area contributed by atoms with E-state index in [1.54, 1.807) is 4.90 Å². The molecule has 0 bridgehead atoms. The molecule has 0 aliphatic carbocycles. The van der Waals surface area contributed by atoms with Crippen LogP contribution in [0.4, 0.5) is 5.82 Å². The Labute approximate surface area is 108 Å². The number of carbonyl (C=O) groups excluding carboxylic acids is 1. The van der Waals surface area contributed by atoms with Crippen LogP contribution in [-0.4, -0.2) is 42.5 Å². The van der Waals surface area contributed by atoms with E-state index in [9.17, 15) is 4.79 Å². The average Bonchev–Trinajstić information content (AvgIpc) is 2.32. The Hall–Kier alpha value is -1.62. The van der Waals surface area contributed by atoms with E-state index in [1.165, 1.54) is 0 Å². The third-order valence-corrected chi connectivity index (χ3v) is 3.41. The first-order valence-electron chi connectivity index (χ1n) is 6.19. The number of hydrogen-bond acceptors (Lipinski definition) is 4. The number of aromatic nitrogens is 1. The van der Waals surface area contributed by atoms with Crippen LogP contribution in [0.25, 0.3) is 0 Å². The average molecular weight is 248 g/mol. The van der Waals surface area contributed by atoms with Crippen molar-refractivity contribution in [3.05, 3.63) is 22.9 Å². The van der Waals surface area contributed by atoms with Crippen molar-refractivity contribution in [2.24, 2.45) is 5.73 Å². The monoisotopic (exact) mass is 248 g/mol. The van der Waals surface area contributed by atoms with Gasteiger partial charge in [-0.2, -0.15) is 0 Å². The normalized spacial score (nSPS) is 16.3. The SMILES string of the molecule is Cc1cc(C)c(CN)c(N2CCN(C)C(=O)C2)n1. The fourth-order valence-electron chi connectivity index (χ4n) is 2.30. The number of nitrogens with zero attached hydrogens (tertiary/aromatic N) is 3. The third kappa shape index (κ3) is 2.31. The second kappa shape index (κ2) is 4.94. The Balaban J connectivity index is 2.35. The molecule has 0 atom stereocenters. The predicted molar refractivity (Wildman–Crippen MR) is 71.5 cm³/mol. The molecule has 0 spiro atoms. The molecule has 1 aromatic heterocycles. The van der Waals surface area contributed by atoms with Crippen molar-refractivity contribution in [2.45, 2.75) is 20.4 Å². The molecular weight excluding hydrogens is 228 g/mol. The van der Waals surface area contributed by atoms with Crippen molar-refractivity contribution in [1.29, 1.82) is 0 Å². The highest BCUT2D eigenvalue weighted by Gasteiger charge is 2.24. The van der Waals surface area contributed by atoms with Crippen molar-refractivity contribution >= 4 is 11.7 Å². The van der Waals surface area contributed by atoms with Crippen LogP contribution < -0.4 is 10.6 Å². The molecule has 0 radical (unpaired) electrons. The topological polar surface area (TPSA) is 62.5 Å². The molecule has 98 valence electrons. The Morgan fingerprint density at radius 2 is 2.11 bits per heavy atom. The van der Waals surface area contributed by atoms with Crippen molar-refractivity contribution < 1.29 is 4.79 Å². The maximum atomic E-state index is 11.8. The number of piperazine rings is 1. The first-order valence-corrected chi connectivity index (χ1v) is 6.19. The Morgan fingerprint density at radius 3 is 2.72 bits per heavy atom. The van der Waals surface area contributed by atoms with Gasteiger partial charge in [-0.1, -0.05) is 0 Å². The summed E-state index contributed by atoms with van der Waals surface area (Å²) in [5.41, 5.74) is 8.96. The van der Waals surface area contributed by atoms with Crippen LogP contribution in [0.5, 0.6) is 0 Å². The predicted octanol–water partition coefficient (Wildman–Crippen LogP) is 0.436. The van der Waals surface area contributed by atoms with Gasteiger partial charge in [-0.05, 0) is 25.5 Å². The molecule has 0 aromatic carbocycles. The van der Waals surface area contributed by atoms with Crippen LogP contribution in [0.15, 0.2) is 6.07 Å². The number of anilines is 1. The van der Waals surface area contributed by atoms with Crippen molar-refractivity contribution in [1.82, 2.24) is 9.88 Å². The molecule has 1 aliphatic heterocycles. The summed E-state index contributed by atoms with van der Waals surface area (Å²) in [6.07, 6.45) is 0. The second-order valence-corrected chi connectivity index (χ2v) is 4.82. The molecule has 0 saturated carbocycles. The number of carbonyl (C=O) groups is 1. The second-order valence-electron chi connectivity index (χ2n) is 4.82. The van der Waals surface area contributed by atoms with E-state index in [4.69, 9.17) is 5.73 Å². The van der Waals surface area contributed by atoms with Crippen LogP contribution in [0, 0.1) is 13.8 Å². The largest absolute Gasteiger partial charge is 0.345 e. The van der Waals surface area contributed by atoms with E-state index in [0.717, 1.165) is 35.7 Å². The van der Waals surface area contributed by atoms with Gasteiger partial charge in [-0.25, -0.2) is 4.98 Å². The molecule has 2 N–H and O–H groups in total. The van der Waals surface area contributed by atoms with E-state index < -0.39 is 0 Å². The van der Waals surface area contributed by atoms with Gasteiger partial charge in [-0.15, -0.1) is 0 Å². The highest BCUT2D eigenvalue weighted by Crippen LogP contribution is 2.23. The number of amides is 1. The quantitative estimate of drug-likeness (QED) is 0.824. The maximum absolute atomic E-state index is 11.8. The Kier molecular flexibility index (Phi) is 3.52. The zero-order valence-corrected chi connectivity index (χ0v) is 11.2. The summed E-state index contributed by atoms with van der Waals surface area (Å²) in [6, 6.07) is 2.03. The molecule has 1 aromatic rings. The van der Waals surface area contributed by atoms with Gasteiger partial charge in [-0.3, -0.25) is 4.79 Å². The number of likely N-dealkylation sites (N-methyl/N-ethyl adjacent to an activating group) is 1. The van der Waals surface area contributed by atoms with E-state index >= 15 is 0 Å². The molecule has 0 unspecified atom stereocenters. The first-order chi connectivity index (χ1) is 8.52. The summed E-state index contributed by atoms with van der Waals surface area (Å²) in [7, 11) is 1.83. The molecule has 2 heterocycles. The smallest absolute Gasteiger partial charge is 0.241 e. The minimum atomic E-state index is 0.130. The number of hydrogen-bond donors (Lipinski definition) is 1. The maximum Gasteiger partial charge on any atom is 0.241 e. The lowest BCUT2D eigenvalue weighted by Crippen LogP contribution is -2.49. The van der Waals surface area contributed by atoms with E-state index in [-0.39, 0.29) is 5.91 Å². The summed E-state index contributed by atoms with van der Waals surface area (Å²) in [5.74, 6) is 1.00. The molecule has 18 heavy (non-hydrogen) atoms. The van der Waals surface area contributed by atoms with Gasteiger partial charge in [0.1, 0.15) is 5.82 Å².